The molecule has 1 atom stereocenters. The minimum Gasteiger partial charge on any atom is -0.493 e. The Kier molecular flexibility index (Phi) is 11.7. The summed E-state index contributed by atoms with van der Waals surface area (Å²) in [6, 6.07) is 7.23. The Morgan fingerprint density at radius 2 is 1.63 bits per heavy atom. The first-order chi connectivity index (χ1) is 20.0. The molecule has 16 heteroatoms. The molecule has 8 nitrogen and oxygen atoms in total. The fraction of sp³-hybridized carbons (Fsp3) is 0.481. The van der Waals surface area contributed by atoms with E-state index < -0.39 is 46.6 Å². The third kappa shape index (κ3) is 10.5. The zero-order chi connectivity index (χ0) is 32.1. The van der Waals surface area contributed by atoms with E-state index in [0.717, 1.165) is 37.5 Å². The monoisotopic (exact) mass is 674 g/mol. The Hall–Kier alpha value is -2.68. The third-order valence-corrected chi connectivity index (χ3v) is 7.85. The highest BCUT2D eigenvalue weighted by Crippen LogP contribution is 2.45. The Bertz CT molecular complexity index is 1410. The van der Waals surface area contributed by atoms with Gasteiger partial charge in [0.25, 0.3) is 5.91 Å². The maximum absolute atomic E-state index is 14.7. The standard InChI is InChI=1S/C25H28Cl2F2N2O4S.C2HF3O2/c1-36(33,34)30-25(32)21-11-20(16-2-3-16)24(12-22(21)29)35-14-15-4-6-31(7-5-15)23(13-28)17-8-18(26)10-19(27)9-17;3-2(4,5)1(6)7/h8-12,15-16,23H,2-7,13-14H2,1H3,(H,30,32);(H,6,7). The molecule has 43 heavy (non-hydrogen) atoms. The quantitative estimate of drug-likeness (QED) is 0.308. The molecular weight excluding hydrogens is 646 g/mol. The number of hydrogen-bond acceptors (Lipinski definition) is 6. The average Bonchev–Trinajstić information content (AvgIpc) is 3.72. The number of likely N-dealkylation sites (tertiary alicyclic amines) is 1. The predicted molar refractivity (Wildman–Crippen MR) is 149 cm³/mol. The Balaban J connectivity index is 0.000000646. The lowest BCUT2D eigenvalue weighted by atomic mass is 9.95. The summed E-state index contributed by atoms with van der Waals surface area (Å²) in [4.78, 5) is 23.2. The maximum Gasteiger partial charge on any atom is 0.490 e. The summed E-state index contributed by atoms with van der Waals surface area (Å²) in [5.74, 6) is -3.86. The molecule has 0 spiro atoms. The molecule has 1 amide bonds. The van der Waals surface area contributed by atoms with Crippen molar-refractivity contribution in [2.45, 2.75) is 43.8 Å². The van der Waals surface area contributed by atoms with Crippen molar-refractivity contribution in [3.05, 3.63) is 62.9 Å². The van der Waals surface area contributed by atoms with E-state index in [2.05, 4.69) is 4.90 Å². The lowest BCUT2D eigenvalue weighted by Gasteiger charge is -2.36. The number of carbonyl (C=O) groups excluding carboxylic acids is 1. The van der Waals surface area contributed by atoms with E-state index >= 15 is 0 Å². The van der Waals surface area contributed by atoms with Crippen molar-refractivity contribution in [1.29, 1.82) is 0 Å². The van der Waals surface area contributed by atoms with Gasteiger partial charge in [0, 0.05) is 16.1 Å². The van der Waals surface area contributed by atoms with Gasteiger partial charge < -0.3 is 9.84 Å². The summed E-state index contributed by atoms with van der Waals surface area (Å²) in [5, 5.41) is 8.07. The molecule has 238 valence electrons. The lowest BCUT2D eigenvalue weighted by Crippen LogP contribution is -2.39. The molecule has 1 unspecified atom stereocenters. The van der Waals surface area contributed by atoms with Gasteiger partial charge in [0.1, 0.15) is 18.2 Å². The summed E-state index contributed by atoms with van der Waals surface area (Å²) in [7, 11) is -3.81. The average molecular weight is 676 g/mol. The lowest BCUT2D eigenvalue weighted by molar-refractivity contribution is -0.192. The number of hydrogen-bond donors (Lipinski definition) is 2. The van der Waals surface area contributed by atoms with Gasteiger partial charge in [-0.1, -0.05) is 23.2 Å². The Labute approximate surface area is 255 Å². The summed E-state index contributed by atoms with van der Waals surface area (Å²) >= 11 is 12.2. The number of aliphatic carboxylic acids is 1. The van der Waals surface area contributed by atoms with E-state index in [1.807, 2.05) is 4.72 Å². The molecule has 0 bridgehead atoms. The topological polar surface area (TPSA) is 113 Å². The van der Waals surface area contributed by atoms with Crippen molar-refractivity contribution in [2.75, 3.05) is 32.6 Å². The van der Waals surface area contributed by atoms with Gasteiger partial charge in [-0.05, 0) is 86.0 Å². The van der Waals surface area contributed by atoms with Crippen LogP contribution in [0.15, 0.2) is 30.3 Å². The molecule has 2 N–H and O–H groups in total. The fourth-order valence-electron chi connectivity index (χ4n) is 4.61. The molecule has 2 aromatic rings. The molecule has 4 rings (SSSR count). The van der Waals surface area contributed by atoms with Gasteiger partial charge >= 0.3 is 12.1 Å². The van der Waals surface area contributed by atoms with E-state index in [-0.39, 0.29) is 17.4 Å². The maximum atomic E-state index is 14.7. The number of nitrogens with one attached hydrogen (secondary N) is 1. The summed E-state index contributed by atoms with van der Waals surface area (Å²) in [5.41, 5.74) is 1.14. The molecule has 1 aliphatic heterocycles. The molecule has 1 heterocycles. The molecule has 0 radical (unpaired) electrons. The highest BCUT2D eigenvalue weighted by Gasteiger charge is 2.38. The van der Waals surface area contributed by atoms with Crippen LogP contribution in [0.5, 0.6) is 5.75 Å². The molecule has 2 aromatic carbocycles. The number of carboxylic acid groups (broad SMARTS) is 1. The third-order valence-electron chi connectivity index (χ3n) is 6.86. The largest absolute Gasteiger partial charge is 0.493 e. The van der Waals surface area contributed by atoms with Crippen LogP contribution in [-0.2, 0) is 14.8 Å². The number of halogens is 7. The molecule has 1 saturated heterocycles. The van der Waals surface area contributed by atoms with Gasteiger partial charge in [0.2, 0.25) is 10.0 Å². The fourth-order valence-corrected chi connectivity index (χ4v) is 5.60. The van der Waals surface area contributed by atoms with Crippen LogP contribution in [0.4, 0.5) is 22.0 Å². The number of nitrogens with zero attached hydrogens (tertiary/aromatic N) is 1. The van der Waals surface area contributed by atoms with Crippen molar-refractivity contribution in [3.63, 3.8) is 0 Å². The van der Waals surface area contributed by atoms with Crippen molar-refractivity contribution in [1.82, 2.24) is 9.62 Å². The summed E-state index contributed by atoms with van der Waals surface area (Å²) < 4.78 is 91.0. The first-order valence-corrected chi connectivity index (χ1v) is 15.7. The zero-order valence-electron chi connectivity index (χ0n) is 22.8. The number of amides is 1. The van der Waals surface area contributed by atoms with Crippen LogP contribution in [0.2, 0.25) is 10.0 Å². The molecule has 2 aliphatic rings. The Morgan fingerprint density at radius 3 is 2.09 bits per heavy atom. The number of carbonyl (C=O) groups is 2. The number of piperidine rings is 1. The second-order valence-electron chi connectivity index (χ2n) is 10.3. The highest BCUT2D eigenvalue weighted by atomic mass is 35.5. The first-order valence-electron chi connectivity index (χ1n) is 13.0. The van der Waals surface area contributed by atoms with Crippen molar-refractivity contribution < 1.29 is 49.8 Å². The van der Waals surface area contributed by atoms with E-state index in [9.17, 15) is 35.2 Å². The van der Waals surface area contributed by atoms with E-state index in [1.54, 1.807) is 18.2 Å². The predicted octanol–water partition coefficient (Wildman–Crippen LogP) is 6.13. The van der Waals surface area contributed by atoms with Crippen molar-refractivity contribution in [2.24, 2.45) is 5.92 Å². The number of sulfonamides is 1. The molecule has 1 aliphatic carbocycles. The van der Waals surface area contributed by atoms with Gasteiger partial charge in [0.05, 0.1) is 24.5 Å². The van der Waals surface area contributed by atoms with Crippen LogP contribution >= 0.6 is 23.2 Å². The number of ether oxygens (including phenoxy) is 1. The van der Waals surface area contributed by atoms with Gasteiger partial charge in [-0.3, -0.25) is 9.69 Å². The van der Waals surface area contributed by atoms with Gasteiger partial charge in [-0.2, -0.15) is 13.2 Å². The van der Waals surface area contributed by atoms with Gasteiger partial charge in [-0.25, -0.2) is 26.7 Å². The van der Waals surface area contributed by atoms with Crippen molar-refractivity contribution >= 4 is 45.1 Å². The number of benzene rings is 2. The van der Waals surface area contributed by atoms with Crippen LogP contribution in [0.1, 0.15) is 59.1 Å². The highest BCUT2D eigenvalue weighted by molar-refractivity contribution is 7.89. The van der Waals surface area contributed by atoms with E-state index in [4.69, 9.17) is 37.8 Å². The van der Waals surface area contributed by atoms with Crippen LogP contribution in [-0.4, -0.2) is 69.1 Å². The van der Waals surface area contributed by atoms with Crippen LogP contribution in [0.25, 0.3) is 0 Å². The molecule has 1 saturated carbocycles. The van der Waals surface area contributed by atoms with Gasteiger partial charge in [-0.15, -0.1) is 0 Å². The molecular formula is C27H29Cl2F5N2O6S. The molecule has 2 fully saturated rings. The minimum atomic E-state index is -5.08. The molecule has 0 aromatic heterocycles. The van der Waals surface area contributed by atoms with E-state index in [0.29, 0.717) is 41.1 Å². The normalized spacial score (nSPS) is 17.0. The first kappa shape index (κ1) is 34.8. The summed E-state index contributed by atoms with van der Waals surface area (Å²) in [6.45, 7) is 1.15. The zero-order valence-corrected chi connectivity index (χ0v) is 25.1. The van der Waals surface area contributed by atoms with E-state index in [1.165, 1.54) is 12.1 Å². The summed E-state index contributed by atoms with van der Waals surface area (Å²) in [6.07, 6.45) is -0.896. The number of alkyl halides is 4. The van der Waals surface area contributed by atoms with Gasteiger partial charge in [0.15, 0.2) is 0 Å². The Morgan fingerprint density at radius 1 is 1.07 bits per heavy atom. The minimum absolute atomic E-state index is 0.155. The van der Waals surface area contributed by atoms with Crippen LogP contribution in [0, 0.1) is 11.7 Å². The second kappa shape index (κ2) is 14.4. The van der Waals surface area contributed by atoms with Crippen LogP contribution < -0.4 is 9.46 Å². The smallest absolute Gasteiger partial charge is 0.490 e. The van der Waals surface area contributed by atoms with Crippen LogP contribution in [0.3, 0.4) is 0 Å². The number of rotatable bonds is 9. The second-order valence-corrected chi connectivity index (χ2v) is 12.9. The van der Waals surface area contributed by atoms with Crippen molar-refractivity contribution in [3.8, 4) is 5.75 Å². The SMILES string of the molecule is CS(=O)(=O)NC(=O)c1cc(C2CC2)c(OCC2CCN(C(CF)c3cc(Cl)cc(Cl)c3)CC2)cc1F.O=C(O)C(F)(F)F. The number of carboxylic acids is 1.